The molecule has 5 nitrogen and oxygen atoms in total. The Morgan fingerprint density at radius 3 is 2.70 bits per heavy atom. The minimum Gasteiger partial charge on any atom is -0.312 e. The van der Waals surface area contributed by atoms with Crippen molar-refractivity contribution in [3.8, 4) is 0 Å². The molecule has 1 atom stereocenters. The minimum atomic E-state index is -3.19. The first-order valence-corrected chi connectivity index (χ1v) is 9.45. The monoisotopic (exact) mass is 338 g/mol. The lowest BCUT2D eigenvalue weighted by Crippen LogP contribution is -2.35. The topological polar surface area (TPSA) is 57.7 Å². The Hall–Kier alpha value is -1.47. The van der Waals surface area contributed by atoms with E-state index in [1.165, 1.54) is 12.1 Å². The summed E-state index contributed by atoms with van der Waals surface area (Å²) >= 11 is 0. The first-order chi connectivity index (χ1) is 10.9. The average molecular weight is 338 g/mol. The fourth-order valence-corrected chi connectivity index (χ4v) is 5.69. The van der Waals surface area contributed by atoms with Crippen LogP contribution in [-0.4, -0.2) is 43.5 Å². The van der Waals surface area contributed by atoms with Crippen LogP contribution in [0.15, 0.2) is 24.3 Å². The summed E-state index contributed by atoms with van der Waals surface area (Å²) in [4.78, 5) is 14.0. The smallest absolute Gasteiger partial charge is 0.227 e. The van der Waals surface area contributed by atoms with Crippen molar-refractivity contribution in [3.63, 3.8) is 0 Å². The second-order valence-corrected chi connectivity index (χ2v) is 9.18. The van der Waals surface area contributed by atoms with E-state index >= 15 is 0 Å². The van der Waals surface area contributed by atoms with E-state index in [4.69, 9.17) is 0 Å². The number of amides is 1. The van der Waals surface area contributed by atoms with E-state index in [9.17, 15) is 17.6 Å². The van der Waals surface area contributed by atoms with Gasteiger partial charge in [0.25, 0.3) is 0 Å². The normalized spacial score (nSPS) is 28.9. The molecular formula is C16H19FN2O3S. The van der Waals surface area contributed by atoms with Crippen LogP contribution in [0.1, 0.15) is 25.7 Å². The lowest BCUT2D eigenvalue weighted by atomic mass is 9.86. The van der Waals surface area contributed by atoms with Crippen LogP contribution in [-0.2, 0) is 14.8 Å². The van der Waals surface area contributed by atoms with Crippen molar-refractivity contribution in [1.82, 2.24) is 4.31 Å². The molecule has 1 amide bonds. The van der Waals surface area contributed by atoms with E-state index < -0.39 is 10.0 Å². The molecule has 0 bridgehead atoms. The number of hydrogen-bond acceptors (Lipinski definition) is 3. The lowest BCUT2D eigenvalue weighted by Gasteiger charge is -2.24. The van der Waals surface area contributed by atoms with Gasteiger partial charge in [0.1, 0.15) is 5.82 Å². The van der Waals surface area contributed by atoms with Crippen molar-refractivity contribution in [2.45, 2.75) is 30.9 Å². The highest BCUT2D eigenvalue weighted by atomic mass is 32.2. The quantitative estimate of drug-likeness (QED) is 0.844. The Labute approximate surface area is 135 Å². The summed E-state index contributed by atoms with van der Waals surface area (Å²) in [6, 6.07) is 6.00. The molecule has 1 aromatic carbocycles. The Balaban J connectivity index is 1.54. The van der Waals surface area contributed by atoms with Crippen LogP contribution in [0, 0.1) is 11.2 Å². The van der Waals surface area contributed by atoms with Gasteiger partial charge < -0.3 is 4.90 Å². The summed E-state index contributed by atoms with van der Waals surface area (Å²) in [6.07, 6.45) is 2.52. The van der Waals surface area contributed by atoms with Gasteiger partial charge in [-0.05, 0) is 37.5 Å². The van der Waals surface area contributed by atoms with E-state index in [1.807, 2.05) is 0 Å². The maximum Gasteiger partial charge on any atom is 0.227 e. The fourth-order valence-electron chi connectivity index (χ4n) is 3.74. The Kier molecular flexibility index (Phi) is 3.29. The van der Waals surface area contributed by atoms with E-state index in [2.05, 4.69) is 0 Å². The van der Waals surface area contributed by atoms with Gasteiger partial charge in [0, 0.05) is 37.2 Å². The minimum absolute atomic E-state index is 0.0544. The molecule has 23 heavy (non-hydrogen) atoms. The Morgan fingerprint density at radius 1 is 1.22 bits per heavy atom. The number of nitrogens with zero attached hydrogens (tertiary/aromatic N) is 2. The van der Waals surface area contributed by atoms with Crippen molar-refractivity contribution in [1.29, 1.82) is 0 Å². The van der Waals surface area contributed by atoms with Crippen molar-refractivity contribution in [3.05, 3.63) is 30.1 Å². The number of benzene rings is 1. The van der Waals surface area contributed by atoms with E-state index in [0.717, 1.165) is 12.8 Å². The van der Waals surface area contributed by atoms with E-state index in [1.54, 1.807) is 21.3 Å². The number of carbonyl (C=O) groups excluding carboxylic acids is 1. The first-order valence-electron chi connectivity index (χ1n) is 7.95. The summed E-state index contributed by atoms with van der Waals surface area (Å²) in [5.41, 5.74) is 0.223. The summed E-state index contributed by atoms with van der Waals surface area (Å²) < 4.78 is 39.7. The lowest BCUT2D eigenvalue weighted by molar-refractivity contribution is -0.117. The van der Waals surface area contributed by atoms with Gasteiger partial charge in [0.2, 0.25) is 15.9 Å². The van der Waals surface area contributed by atoms with Gasteiger partial charge in [-0.3, -0.25) is 4.79 Å². The van der Waals surface area contributed by atoms with Crippen LogP contribution in [0.3, 0.4) is 0 Å². The predicted octanol–water partition coefficient (Wildman–Crippen LogP) is 1.75. The number of carbonyl (C=O) groups is 1. The third-order valence-corrected chi connectivity index (χ3v) is 7.49. The molecular weight excluding hydrogens is 319 g/mol. The molecule has 4 rings (SSSR count). The van der Waals surface area contributed by atoms with E-state index in [-0.39, 0.29) is 22.4 Å². The molecule has 0 aromatic heterocycles. The molecule has 0 N–H and O–H groups in total. The first kappa shape index (κ1) is 15.1. The molecule has 1 spiro atoms. The number of halogens is 1. The molecule has 1 aromatic rings. The summed E-state index contributed by atoms with van der Waals surface area (Å²) in [6.45, 7) is 1.36. The molecule has 3 aliphatic rings. The Bertz CT molecular complexity index is 762. The number of anilines is 1. The SMILES string of the molecule is O=C1CC2(CCN(S(=O)(=O)C3CC3)C2)CN1c1cccc(F)c1. The highest BCUT2D eigenvalue weighted by molar-refractivity contribution is 7.90. The van der Waals surface area contributed by atoms with Gasteiger partial charge in [0.05, 0.1) is 5.25 Å². The molecule has 7 heteroatoms. The average Bonchev–Trinajstić information content (AvgIpc) is 3.21. The molecule has 2 saturated heterocycles. The van der Waals surface area contributed by atoms with Crippen LogP contribution >= 0.6 is 0 Å². The van der Waals surface area contributed by atoms with Gasteiger partial charge in [-0.2, -0.15) is 0 Å². The van der Waals surface area contributed by atoms with Crippen molar-refractivity contribution in [2.24, 2.45) is 5.41 Å². The van der Waals surface area contributed by atoms with Crippen LogP contribution in [0.25, 0.3) is 0 Å². The van der Waals surface area contributed by atoms with Gasteiger partial charge in [-0.15, -0.1) is 0 Å². The second kappa shape index (κ2) is 5.01. The zero-order chi connectivity index (χ0) is 16.2. The van der Waals surface area contributed by atoms with Gasteiger partial charge >= 0.3 is 0 Å². The molecule has 1 aliphatic carbocycles. The summed E-state index contributed by atoms with van der Waals surface area (Å²) in [5.74, 6) is -0.429. The summed E-state index contributed by atoms with van der Waals surface area (Å²) in [7, 11) is -3.19. The van der Waals surface area contributed by atoms with Crippen LogP contribution < -0.4 is 4.90 Å². The van der Waals surface area contributed by atoms with Crippen LogP contribution in [0.5, 0.6) is 0 Å². The second-order valence-electron chi connectivity index (χ2n) is 6.96. The zero-order valence-electron chi connectivity index (χ0n) is 12.7. The maximum atomic E-state index is 13.4. The predicted molar refractivity (Wildman–Crippen MR) is 83.9 cm³/mol. The standard InChI is InChI=1S/C16H19FN2O3S/c17-12-2-1-3-13(8-12)19-11-16(9-15(19)20)6-7-18(10-16)23(21,22)14-4-5-14/h1-3,8,14H,4-7,9-11H2. The number of sulfonamides is 1. The van der Waals surface area contributed by atoms with Gasteiger partial charge in [0.15, 0.2) is 0 Å². The third-order valence-electron chi connectivity index (χ3n) is 5.15. The largest absolute Gasteiger partial charge is 0.312 e. The van der Waals surface area contributed by atoms with Crippen LogP contribution in [0.4, 0.5) is 10.1 Å². The zero-order valence-corrected chi connectivity index (χ0v) is 13.6. The van der Waals surface area contributed by atoms with Crippen molar-refractivity contribution in [2.75, 3.05) is 24.5 Å². The Morgan fingerprint density at radius 2 is 2.00 bits per heavy atom. The summed E-state index contributed by atoms with van der Waals surface area (Å²) in [5, 5.41) is -0.214. The van der Waals surface area contributed by atoms with E-state index in [0.29, 0.717) is 38.2 Å². The molecule has 1 saturated carbocycles. The highest BCUT2D eigenvalue weighted by Crippen LogP contribution is 2.44. The number of hydrogen-bond donors (Lipinski definition) is 0. The third kappa shape index (κ3) is 2.55. The highest BCUT2D eigenvalue weighted by Gasteiger charge is 2.52. The molecule has 2 aliphatic heterocycles. The molecule has 2 heterocycles. The number of rotatable bonds is 3. The van der Waals surface area contributed by atoms with Crippen molar-refractivity contribution >= 4 is 21.6 Å². The molecule has 0 radical (unpaired) electrons. The van der Waals surface area contributed by atoms with Gasteiger partial charge in [-0.1, -0.05) is 6.07 Å². The molecule has 1 unspecified atom stereocenters. The molecule has 3 fully saturated rings. The fraction of sp³-hybridized carbons (Fsp3) is 0.562. The maximum absolute atomic E-state index is 13.4. The van der Waals surface area contributed by atoms with Crippen molar-refractivity contribution < 1.29 is 17.6 Å². The van der Waals surface area contributed by atoms with Crippen LogP contribution in [0.2, 0.25) is 0 Å². The van der Waals surface area contributed by atoms with Gasteiger partial charge in [-0.25, -0.2) is 17.1 Å². The molecule has 124 valence electrons.